The van der Waals surface area contributed by atoms with E-state index in [4.69, 9.17) is 4.52 Å². The summed E-state index contributed by atoms with van der Waals surface area (Å²) in [7, 11) is 1.72. The zero-order valence-corrected chi connectivity index (χ0v) is 20.6. The highest BCUT2D eigenvalue weighted by atomic mass is 16.5. The molecule has 2 N–H and O–H groups in total. The lowest BCUT2D eigenvalue weighted by Gasteiger charge is -2.17. The van der Waals surface area contributed by atoms with Gasteiger partial charge in [-0.3, -0.25) is 4.79 Å². The number of nitrogens with one attached hydrogen (secondary N) is 2. The Kier molecular flexibility index (Phi) is 7.75. The van der Waals surface area contributed by atoms with Crippen molar-refractivity contribution in [3.8, 4) is 11.5 Å². The molecule has 0 radical (unpaired) electrons. The van der Waals surface area contributed by atoms with Gasteiger partial charge in [0.1, 0.15) is 0 Å². The van der Waals surface area contributed by atoms with Crippen LogP contribution in [-0.2, 0) is 13.0 Å². The topological polar surface area (TPSA) is 100 Å². The molecule has 0 fully saturated rings. The fraction of sp³-hybridized carbons (Fsp3) is 0.214. The van der Waals surface area contributed by atoms with E-state index in [1.54, 1.807) is 36.2 Å². The van der Waals surface area contributed by atoms with Crippen molar-refractivity contribution in [1.82, 2.24) is 20.4 Å². The Bertz CT molecular complexity index is 1350. The number of carbonyl (C=O) groups is 2. The van der Waals surface area contributed by atoms with Gasteiger partial charge in [-0.2, -0.15) is 4.98 Å². The first-order chi connectivity index (χ1) is 17.4. The quantitative estimate of drug-likeness (QED) is 0.368. The zero-order valence-electron chi connectivity index (χ0n) is 20.6. The first-order valence-corrected chi connectivity index (χ1v) is 11.7. The van der Waals surface area contributed by atoms with Crippen LogP contribution < -0.4 is 10.6 Å². The lowest BCUT2D eigenvalue weighted by Crippen LogP contribution is -2.33. The van der Waals surface area contributed by atoms with Gasteiger partial charge >= 0.3 is 6.03 Å². The van der Waals surface area contributed by atoms with E-state index in [0.29, 0.717) is 36.8 Å². The number of benzene rings is 3. The van der Waals surface area contributed by atoms with Crippen LogP contribution in [0.1, 0.15) is 32.9 Å². The van der Waals surface area contributed by atoms with Gasteiger partial charge in [-0.1, -0.05) is 47.1 Å². The van der Waals surface area contributed by atoms with Crippen LogP contribution in [0.2, 0.25) is 0 Å². The molecule has 4 rings (SSSR count). The van der Waals surface area contributed by atoms with Crippen LogP contribution in [0.5, 0.6) is 0 Å². The van der Waals surface area contributed by atoms with Crippen molar-refractivity contribution in [2.45, 2.75) is 26.8 Å². The molecule has 0 saturated heterocycles. The van der Waals surface area contributed by atoms with Crippen molar-refractivity contribution in [3.05, 3.63) is 101 Å². The molecule has 36 heavy (non-hydrogen) atoms. The number of rotatable bonds is 8. The number of hydrogen-bond acceptors (Lipinski definition) is 5. The molecule has 0 unspecified atom stereocenters. The minimum absolute atomic E-state index is 0.152. The lowest BCUT2D eigenvalue weighted by atomic mass is 10.1. The number of aromatic nitrogens is 2. The highest BCUT2D eigenvalue weighted by Gasteiger charge is 2.14. The summed E-state index contributed by atoms with van der Waals surface area (Å²) in [5.41, 5.74) is 5.30. The van der Waals surface area contributed by atoms with Crippen LogP contribution in [0.15, 0.2) is 77.3 Å². The molecule has 0 aliphatic rings. The minimum atomic E-state index is -0.208. The van der Waals surface area contributed by atoms with E-state index in [9.17, 15) is 9.59 Å². The molecule has 0 bridgehead atoms. The van der Waals surface area contributed by atoms with Gasteiger partial charge in [-0.05, 0) is 61.4 Å². The van der Waals surface area contributed by atoms with E-state index in [2.05, 4.69) is 20.8 Å². The summed E-state index contributed by atoms with van der Waals surface area (Å²) in [5.74, 6) is 0.713. The fourth-order valence-corrected chi connectivity index (χ4v) is 3.65. The Balaban J connectivity index is 1.28. The average Bonchev–Trinajstić information content (AvgIpc) is 3.35. The van der Waals surface area contributed by atoms with Gasteiger partial charge in [0, 0.05) is 43.4 Å². The monoisotopic (exact) mass is 483 g/mol. The number of amides is 3. The number of anilines is 1. The molecule has 0 atom stereocenters. The largest absolute Gasteiger partial charge is 0.348 e. The van der Waals surface area contributed by atoms with E-state index >= 15 is 0 Å². The van der Waals surface area contributed by atoms with Gasteiger partial charge in [0.25, 0.3) is 11.8 Å². The third-order valence-corrected chi connectivity index (χ3v) is 5.68. The summed E-state index contributed by atoms with van der Waals surface area (Å²) in [6, 6.07) is 22.5. The maximum absolute atomic E-state index is 12.5. The van der Waals surface area contributed by atoms with Crippen molar-refractivity contribution in [2.75, 3.05) is 18.9 Å². The van der Waals surface area contributed by atoms with Gasteiger partial charge in [-0.25, -0.2) is 4.79 Å². The molecule has 4 aromatic rings. The van der Waals surface area contributed by atoms with Crippen molar-refractivity contribution in [2.24, 2.45) is 0 Å². The molecule has 0 spiro atoms. The number of urea groups is 1. The molecule has 0 saturated carbocycles. The molecular weight excluding hydrogens is 454 g/mol. The minimum Gasteiger partial charge on any atom is -0.348 e. The first kappa shape index (κ1) is 24.7. The second-order valence-electron chi connectivity index (χ2n) is 8.74. The van der Waals surface area contributed by atoms with Crippen molar-refractivity contribution in [1.29, 1.82) is 0 Å². The molecule has 8 heteroatoms. The molecule has 3 aromatic carbocycles. The molecule has 1 heterocycles. The zero-order chi connectivity index (χ0) is 25.5. The summed E-state index contributed by atoms with van der Waals surface area (Å²) in [5, 5.41) is 9.83. The third kappa shape index (κ3) is 6.56. The highest BCUT2D eigenvalue weighted by Crippen LogP contribution is 2.18. The van der Waals surface area contributed by atoms with Crippen LogP contribution in [0, 0.1) is 13.8 Å². The van der Waals surface area contributed by atoms with Crippen LogP contribution in [-0.4, -0.2) is 40.6 Å². The van der Waals surface area contributed by atoms with Gasteiger partial charge in [-0.15, -0.1) is 0 Å². The van der Waals surface area contributed by atoms with Crippen molar-refractivity contribution < 1.29 is 14.1 Å². The van der Waals surface area contributed by atoms with Crippen molar-refractivity contribution in [3.63, 3.8) is 0 Å². The molecule has 0 aliphatic carbocycles. The van der Waals surface area contributed by atoms with Gasteiger partial charge in [0.2, 0.25) is 0 Å². The SMILES string of the molecule is Cc1cccc(CNC(=O)c2ccc(-c3nc(CCN(C)C(=O)Nc4cccc(C)c4)no3)cc2)c1. The Labute approximate surface area is 210 Å². The Morgan fingerprint density at radius 1 is 0.944 bits per heavy atom. The van der Waals surface area contributed by atoms with Gasteiger partial charge in [0.15, 0.2) is 5.82 Å². The van der Waals surface area contributed by atoms with Crippen molar-refractivity contribution >= 4 is 17.6 Å². The van der Waals surface area contributed by atoms with E-state index in [1.807, 2.05) is 62.4 Å². The predicted octanol–water partition coefficient (Wildman–Crippen LogP) is 4.99. The summed E-state index contributed by atoms with van der Waals surface area (Å²) < 4.78 is 5.39. The van der Waals surface area contributed by atoms with E-state index in [-0.39, 0.29) is 11.9 Å². The number of nitrogens with zero attached hydrogens (tertiary/aromatic N) is 3. The molecule has 3 amide bonds. The molecular formula is C28H29N5O3. The summed E-state index contributed by atoms with van der Waals surface area (Å²) in [4.78, 5) is 30.9. The molecule has 8 nitrogen and oxygen atoms in total. The molecule has 184 valence electrons. The predicted molar refractivity (Wildman–Crippen MR) is 139 cm³/mol. The third-order valence-electron chi connectivity index (χ3n) is 5.68. The second kappa shape index (κ2) is 11.3. The van der Waals surface area contributed by atoms with Gasteiger partial charge < -0.3 is 20.1 Å². The summed E-state index contributed by atoms with van der Waals surface area (Å²) >= 11 is 0. The Hall–Kier alpha value is -4.46. The fourth-order valence-electron chi connectivity index (χ4n) is 3.65. The lowest BCUT2D eigenvalue weighted by molar-refractivity contribution is 0.0951. The maximum atomic E-state index is 12.5. The average molecular weight is 484 g/mol. The molecule has 0 aliphatic heterocycles. The number of carbonyl (C=O) groups excluding carboxylic acids is 2. The number of likely N-dealkylation sites (N-methyl/N-ethyl adjacent to an activating group) is 1. The van der Waals surface area contributed by atoms with E-state index in [1.165, 1.54) is 0 Å². The summed E-state index contributed by atoms with van der Waals surface area (Å²) in [6.07, 6.45) is 0.445. The van der Waals surface area contributed by atoms with E-state index in [0.717, 1.165) is 27.9 Å². The van der Waals surface area contributed by atoms with Crippen LogP contribution in [0.3, 0.4) is 0 Å². The smallest absolute Gasteiger partial charge is 0.321 e. The standard InChI is InChI=1S/C28H29N5O3/c1-19-6-4-8-21(16-19)18-29-26(34)22-10-12-23(13-11-22)27-31-25(32-36-27)14-15-33(3)28(35)30-24-9-5-7-20(2)17-24/h4-13,16-17H,14-15,18H2,1-3H3,(H,29,34)(H,30,35). The highest BCUT2D eigenvalue weighted by molar-refractivity contribution is 5.94. The van der Waals surface area contributed by atoms with Crippen LogP contribution >= 0.6 is 0 Å². The van der Waals surface area contributed by atoms with Crippen LogP contribution in [0.25, 0.3) is 11.5 Å². The Morgan fingerprint density at radius 3 is 2.39 bits per heavy atom. The molecule has 1 aromatic heterocycles. The van der Waals surface area contributed by atoms with Gasteiger partial charge in [0.05, 0.1) is 0 Å². The number of aryl methyl sites for hydroxylation is 2. The summed E-state index contributed by atoms with van der Waals surface area (Å²) in [6.45, 7) is 4.89. The van der Waals surface area contributed by atoms with Crippen LogP contribution in [0.4, 0.5) is 10.5 Å². The number of hydrogen-bond donors (Lipinski definition) is 2. The normalized spacial score (nSPS) is 10.6. The Morgan fingerprint density at radius 2 is 1.67 bits per heavy atom. The first-order valence-electron chi connectivity index (χ1n) is 11.7. The van der Waals surface area contributed by atoms with E-state index < -0.39 is 0 Å². The maximum Gasteiger partial charge on any atom is 0.321 e. The second-order valence-corrected chi connectivity index (χ2v) is 8.74.